The van der Waals surface area contributed by atoms with Gasteiger partial charge < -0.3 is 33.8 Å². The molecule has 0 aliphatic rings. The molecular formula is C65H126O17P2. The molecule has 0 aromatic carbocycles. The Morgan fingerprint density at radius 3 is 0.810 bits per heavy atom. The Kier molecular flexibility index (Phi) is 57.4. The molecule has 0 spiro atoms. The molecule has 0 heterocycles. The zero-order chi connectivity index (χ0) is 62.0. The first kappa shape index (κ1) is 82.1. The number of aliphatic hydroxyl groups excluding tert-OH is 1. The zero-order valence-corrected chi connectivity index (χ0v) is 55.8. The Labute approximate surface area is 511 Å². The van der Waals surface area contributed by atoms with Crippen molar-refractivity contribution in [1.82, 2.24) is 0 Å². The van der Waals surface area contributed by atoms with Gasteiger partial charge in [0.2, 0.25) is 0 Å². The van der Waals surface area contributed by atoms with Gasteiger partial charge in [-0.15, -0.1) is 0 Å². The third kappa shape index (κ3) is 59.0. The van der Waals surface area contributed by atoms with Crippen LogP contribution in [0.3, 0.4) is 0 Å². The van der Waals surface area contributed by atoms with E-state index in [-0.39, 0.29) is 25.7 Å². The number of unbranched alkanes of at least 4 members (excludes halogenated alkanes) is 37. The fourth-order valence-corrected chi connectivity index (χ4v) is 11.3. The second-order valence-corrected chi connectivity index (χ2v) is 26.9. The van der Waals surface area contributed by atoms with E-state index in [1.807, 2.05) is 0 Å². The van der Waals surface area contributed by atoms with E-state index >= 15 is 0 Å². The van der Waals surface area contributed by atoms with Crippen LogP contribution in [0.25, 0.3) is 0 Å². The number of phosphoric acid groups is 2. The van der Waals surface area contributed by atoms with E-state index in [4.69, 9.17) is 37.0 Å². The van der Waals surface area contributed by atoms with Gasteiger partial charge in [-0.2, -0.15) is 0 Å². The lowest BCUT2D eigenvalue weighted by Crippen LogP contribution is -2.30. The van der Waals surface area contributed by atoms with Crippen LogP contribution in [-0.4, -0.2) is 96.7 Å². The number of ether oxygens (including phenoxy) is 4. The van der Waals surface area contributed by atoms with Gasteiger partial charge in [0.1, 0.15) is 19.3 Å². The van der Waals surface area contributed by atoms with Crippen LogP contribution in [0, 0.1) is 5.92 Å². The van der Waals surface area contributed by atoms with Crippen molar-refractivity contribution in [2.75, 3.05) is 39.6 Å². The molecule has 498 valence electrons. The second kappa shape index (κ2) is 58.7. The van der Waals surface area contributed by atoms with Crippen LogP contribution in [0.2, 0.25) is 0 Å². The van der Waals surface area contributed by atoms with Crippen LogP contribution >= 0.6 is 15.6 Å². The number of hydrogen-bond acceptors (Lipinski definition) is 15. The first-order valence-electron chi connectivity index (χ1n) is 34.1. The summed E-state index contributed by atoms with van der Waals surface area (Å²) < 4.78 is 67.9. The van der Waals surface area contributed by atoms with Crippen LogP contribution in [-0.2, 0) is 65.4 Å². The molecule has 17 nitrogen and oxygen atoms in total. The summed E-state index contributed by atoms with van der Waals surface area (Å²) in [7, 11) is -9.88. The Hall–Kier alpha value is -1.94. The van der Waals surface area contributed by atoms with E-state index in [0.717, 1.165) is 102 Å². The average molecular weight is 1240 g/mol. The highest BCUT2D eigenvalue weighted by atomic mass is 31.2. The number of phosphoric ester groups is 2. The molecule has 0 aromatic heterocycles. The lowest BCUT2D eigenvalue weighted by Gasteiger charge is -2.21. The van der Waals surface area contributed by atoms with Gasteiger partial charge in [0.25, 0.3) is 0 Å². The molecule has 2 unspecified atom stereocenters. The lowest BCUT2D eigenvalue weighted by atomic mass is 10.0. The zero-order valence-electron chi connectivity index (χ0n) is 54.0. The Bertz CT molecular complexity index is 1640. The molecule has 0 aromatic rings. The maximum absolute atomic E-state index is 13.0. The van der Waals surface area contributed by atoms with E-state index in [1.54, 1.807) is 0 Å². The molecule has 0 saturated heterocycles. The Morgan fingerprint density at radius 1 is 0.321 bits per heavy atom. The average Bonchev–Trinajstić information content (AvgIpc) is 3.48. The minimum Gasteiger partial charge on any atom is -0.462 e. The third-order valence-corrected chi connectivity index (χ3v) is 16.9. The smallest absolute Gasteiger partial charge is 0.462 e. The van der Waals surface area contributed by atoms with E-state index < -0.39 is 97.5 Å². The van der Waals surface area contributed by atoms with Crippen LogP contribution in [0.5, 0.6) is 0 Å². The van der Waals surface area contributed by atoms with Crippen molar-refractivity contribution in [3.05, 3.63) is 0 Å². The van der Waals surface area contributed by atoms with Crippen LogP contribution in [0.1, 0.15) is 330 Å². The van der Waals surface area contributed by atoms with Crippen molar-refractivity contribution in [3.63, 3.8) is 0 Å². The summed E-state index contributed by atoms with van der Waals surface area (Å²) in [6, 6.07) is 0. The van der Waals surface area contributed by atoms with Gasteiger partial charge in [0.05, 0.1) is 26.4 Å². The van der Waals surface area contributed by atoms with E-state index in [1.165, 1.54) is 148 Å². The van der Waals surface area contributed by atoms with Crippen molar-refractivity contribution >= 4 is 39.5 Å². The normalized spacial score (nSPS) is 14.2. The van der Waals surface area contributed by atoms with Crippen molar-refractivity contribution in [1.29, 1.82) is 0 Å². The van der Waals surface area contributed by atoms with Gasteiger partial charge in [0.15, 0.2) is 12.2 Å². The van der Waals surface area contributed by atoms with E-state index in [0.29, 0.717) is 25.7 Å². The highest BCUT2D eigenvalue weighted by Gasteiger charge is 2.30. The summed E-state index contributed by atoms with van der Waals surface area (Å²) in [6.45, 7) is 7.11. The maximum atomic E-state index is 13.0. The predicted molar refractivity (Wildman–Crippen MR) is 335 cm³/mol. The molecular weight excluding hydrogens is 1110 g/mol. The predicted octanol–water partition coefficient (Wildman–Crippen LogP) is 18.2. The molecule has 0 aliphatic carbocycles. The standard InChI is InChI=1S/C65H126O17P2/c1-6-9-12-15-17-19-21-22-23-24-25-26-32-36-41-46-51-65(70)82-61(55-76-63(68)49-44-39-34-31-28-27-29-33-38-42-47-58(4)5)57-80-84(73,74)78-53-59(66)52-77-83(71,72)79-56-60(54-75-62(67)48-43-37-14-11-8-3)81-64(69)50-45-40-35-30-20-18-16-13-10-7-2/h58-61,66H,6-57H2,1-5H3,(H,71,72)(H,73,74)/t59-,60+,61+/m0/s1. The summed E-state index contributed by atoms with van der Waals surface area (Å²) in [5, 5.41) is 10.5. The van der Waals surface area contributed by atoms with Crippen molar-refractivity contribution in [2.24, 2.45) is 5.92 Å². The molecule has 5 atom stereocenters. The molecule has 0 bridgehead atoms. The molecule has 19 heteroatoms. The molecule has 84 heavy (non-hydrogen) atoms. The van der Waals surface area contributed by atoms with Gasteiger partial charge in [-0.3, -0.25) is 37.3 Å². The van der Waals surface area contributed by atoms with Crippen molar-refractivity contribution in [3.8, 4) is 0 Å². The molecule has 0 fully saturated rings. The Morgan fingerprint density at radius 2 is 0.548 bits per heavy atom. The molecule has 3 N–H and O–H groups in total. The summed E-state index contributed by atoms with van der Waals surface area (Å²) in [5.74, 6) is -1.38. The summed E-state index contributed by atoms with van der Waals surface area (Å²) in [6.07, 6.45) is 43.4. The van der Waals surface area contributed by atoms with Gasteiger partial charge in [-0.05, 0) is 31.6 Å². The van der Waals surface area contributed by atoms with Gasteiger partial charge in [-0.25, -0.2) is 9.13 Å². The molecule has 0 aliphatic heterocycles. The maximum Gasteiger partial charge on any atom is 0.472 e. The first-order chi connectivity index (χ1) is 40.5. The van der Waals surface area contributed by atoms with Gasteiger partial charge in [0, 0.05) is 25.7 Å². The number of esters is 4. The largest absolute Gasteiger partial charge is 0.472 e. The molecule has 0 radical (unpaired) electrons. The quantitative estimate of drug-likeness (QED) is 0.0222. The second-order valence-electron chi connectivity index (χ2n) is 24.0. The summed E-state index contributed by atoms with van der Waals surface area (Å²) in [4.78, 5) is 72.0. The number of aliphatic hydroxyl groups is 1. The topological polar surface area (TPSA) is 237 Å². The number of hydrogen-bond donors (Lipinski definition) is 3. The highest BCUT2D eigenvalue weighted by molar-refractivity contribution is 7.47. The first-order valence-corrected chi connectivity index (χ1v) is 37.1. The van der Waals surface area contributed by atoms with Crippen LogP contribution in [0.15, 0.2) is 0 Å². The van der Waals surface area contributed by atoms with Gasteiger partial charge >= 0.3 is 39.5 Å². The summed E-state index contributed by atoms with van der Waals surface area (Å²) in [5.41, 5.74) is 0. The van der Waals surface area contributed by atoms with Crippen LogP contribution in [0.4, 0.5) is 0 Å². The fourth-order valence-electron chi connectivity index (χ4n) is 9.76. The number of carbonyl (C=O) groups excluding carboxylic acids is 4. The van der Waals surface area contributed by atoms with Gasteiger partial charge in [-0.1, -0.05) is 279 Å². The van der Waals surface area contributed by atoms with Crippen molar-refractivity contribution < 1.29 is 80.2 Å². The fraction of sp³-hybridized carbons (Fsp3) is 0.938. The van der Waals surface area contributed by atoms with E-state index in [2.05, 4.69) is 34.6 Å². The summed E-state index contributed by atoms with van der Waals surface area (Å²) >= 11 is 0. The minimum absolute atomic E-state index is 0.106. The molecule has 0 amide bonds. The third-order valence-electron chi connectivity index (χ3n) is 15.0. The molecule has 0 saturated carbocycles. The molecule has 0 rings (SSSR count). The number of rotatable bonds is 65. The lowest BCUT2D eigenvalue weighted by molar-refractivity contribution is -0.161. The minimum atomic E-state index is -4.94. The SMILES string of the molecule is CCCCCCCCCCCCCCCCCCC(=O)O[C@H](COC(=O)CCCCCCCCCCCCC(C)C)COP(=O)(O)OC[C@@H](O)COP(=O)(O)OC[C@@H](COC(=O)CCCCCCC)OC(=O)CCCCCCCCCCCC. The Balaban J connectivity index is 5.16. The van der Waals surface area contributed by atoms with Crippen molar-refractivity contribution in [2.45, 2.75) is 348 Å². The van der Waals surface area contributed by atoms with Crippen LogP contribution < -0.4 is 0 Å². The highest BCUT2D eigenvalue weighted by Crippen LogP contribution is 2.45. The van der Waals surface area contributed by atoms with E-state index in [9.17, 15) is 43.2 Å². The number of carbonyl (C=O) groups is 4. The monoisotopic (exact) mass is 1240 g/mol.